The van der Waals surface area contributed by atoms with Crippen LogP contribution in [0.15, 0.2) is 0 Å². The van der Waals surface area contributed by atoms with E-state index in [1.807, 2.05) is 0 Å². The van der Waals surface area contributed by atoms with Gasteiger partial charge in [-0.1, -0.05) is 0 Å². The Kier molecular flexibility index (Phi) is 1.38. The van der Waals surface area contributed by atoms with E-state index in [2.05, 4.69) is 10.6 Å². The molecule has 2 fully saturated rings. The van der Waals surface area contributed by atoms with Crippen LogP contribution in [-0.4, -0.2) is 36.1 Å². The third-order valence-electron chi connectivity index (χ3n) is 2.62. The number of aliphatic hydroxyl groups is 1. The largest absolute Gasteiger partial charge is 0.396 e. The molecule has 2 rings (SSSR count). The van der Waals surface area contributed by atoms with Gasteiger partial charge < -0.3 is 15.7 Å². The number of amides is 2. The summed E-state index contributed by atoms with van der Waals surface area (Å²) in [6, 6.07) is -0.519. The molecule has 0 bridgehead atoms. The smallest absolute Gasteiger partial charge is 0.243 e. The predicted octanol–water partition coefficient (Wildman–Crippen LogP) is -2.02. The summed E-state index contributed by atoms with van der Waals surface area (Å²) in [6.45, 7) is 0.265. The first-order chi connectivity index (χ1) is 5.68. The number of hydrogen-bond donors (Lipinski definition) is 3. The van der Waals surface area contributed by atoms with E-state index in [9.17, 15) is 9.59 Å². The fourth-order valence-corrected chi connectivity index (χ4v) is 1.86. The van der Waals surface area contributed by atoms with Gasteiger partial charge in [0.2, 0.25) is 11.8 Å². The number of hydrogen-bond acceptors (Lipinski definition) is 3. The first-order valence-corrected chi connectivity index (χ1v) is 3.86. The van der Waals surface area contributed by atoms with E-state index in [1.165, 1.54) is 0 Å². The summed E-state index contributed by atoms with van der Waals surface area (Å²) in [4.78, 5) is 22.1. The van der Waals surface area contributed by atoms with Gasteiger partial charge in [0.15, 0.2) is 0 Å². The van der Waals surface area contributed by atoms with Gasteiger partial charge in [0.1, 0.15) is 6.04 Å². The predicted molar refractivity (Wildman–Crippen MR) is 39.1 cm³/mol. The second-order valence-electron chi connectivity index (χ2n) is 3.42. The van der Waals surface area contributed by atoms with Crippen LogP contribution >= 0.6 is 0 Å². The summed E-state index contributed by atoms with van der Waals surface area (Å²) < 4.78 is 0. The molecule has 0 saturated carbocycles. The highest BCUT2D eigenvalue weighted by atomic mass is 16.3. The normalized spacial score (nSPS) is 39.2. The fraction of sp³-hybridized carbons (Fsp3) is 0.714. The molecule has 0 aliphatic carbocycles. The fourth-order valence-electron chi connectivity index (χ4n) is 1.86. The number of rotatable bonds is 1. The molecule has 0 aromatic carbocycles. The highest BCUT2D eigenvalue weighted by molar-refractivity contribution is 5.94. The minimum absolute atomic E-state index is 0.130. The molecular weight excluding hydrogens is 160 g/mol. The molecular formula is C7H10N2O3. The minimum atomic E-state index is -0.575. The van der Waals surface area contributed by atoms with E-state index in [0.29, 0.717) is 6.54 Å². The molecule has 2 aliphatic rings. The van der Waals surface area contributed by atoms with Crippen molar-refractivity contribution in [2.75, 3.05) is 13.2 Å². The third-order valence-corrected chi connectivity index (χ3v) is 2.62. The minimum Gasteiger partial charge on any atom is -0.396 e. The average molecular weight is 170 g/mol. The van der Waals surface area contributed by atoms with Gasteiger partial charge in [-0.25, -0.2) is 0 Å². The van der Waals surface area contributed by atoms with E-state index in [0.717, 1.165) is 0 Å². The molecule has 2 amide bonds. The molecule has 2 saturated heterocycles. The van der Waals surface area contributed by atoms with E-state index in [1.54, 1.807) is 0 Å². The lowest BCUT2D eigenvalue weighted by atomic mass is 9.84. The number of carbonyl (C=O) groups excluding carboxylic acids is 2. The van der Waals surface area contributed by atoms with E-state index < -0.39 is 11.5 Å². The first kappa shape index (κ1) is 7.54. The lowest BCUT2D eigenvalue weighted by Crippen LogP contribution is -2.41. The van der Waals surface area contributed by atoms with Crippen molar-refractivity contribution in [3.05, 3.63) is 0 Å². The maximum absolute atomic E-state index is 11.1. The van der Waals surface area contributed by atoms with Crippen molar-refractivity contribution in [1.82, 2.24) is 10.6 Å². The third kappa shape index (κ3) is 0.768. The second kappa shape index (κ2) is 2.20. The topological polar surface area (TPSA) is 78.4 Å². The molecule has 2 atom stereocenters. The first-order valence-electron chi connectivity index (χ1n) is 3.86. The lowest BCUT2D eigenvalue weighted by molar-refractivity contribution is -0.124. The Balaban J connectivity index is 2.30. The van der Waals surface area contributed by atoms with Gasteiger partial charge in [-0.05, 0) is 0 Å². The van der Waals surface area contributed by atoms with E-state index in [-0.39, 0.29) is 24.8 Å². The molecule has 2 aliphatic heterocycles. The monoisotopic (exact) mass is 170 g/mol. The second-order valence-corrected chi connectivity index (χ2v) is 3.42. The summed E-state index contributed by atoms with van der Waals surface area (Å²) in [5, 5.41) is 14.2. The number of carbonyl (C=O) groups is 2. The number of aliphatic hydroxyl groups excluding tert-OH is 1. The van der Waals surface area contributed by atoms with Crippen LogP contribution in [0.5, 0.6) is 0 Å². The van der Waals surface area contributed by atoms with Crippen LogP contribution in [0.1, 0.15) is 6.42 Å². The van der Waals surface area contributed by atoms with Crippen molar-refractivity contribution in [1.29, 1.82) is 0 Å². The Bertz CT molecular complexity index is 253. The van der Waals surface area contributed by atoms with Crippen LogP contribution in [0.4, 0.5) is 0 Å². The Morgan fingerprint density at radius 3 is 2.92 bits per heavy atom. The van der Waals surface area contributed by atoms with Gasteiger partial charge in [-0.3, -0.25) is 9.59 Å². The number of nitrogens with one attached hydrogen (secondary N) is 2. The van der Waals surface area contributed by atoms with Crippen LogP contribution in [0.2, 0.25) is 0 Å². The van der Waals surface area contributed by atoms with Gasteiger partial charge in [-0.15, -0.1) is 0 Å². The molecule has 66 valence electrons. The van der Waals surface area contributed by atoms with Crippen LogP contribution in [0, 0.1) is 5.41 Å². The van der Waals surface area contributed by atoms with Crippen molar-refractivity contribution in [2.45, 2.75) is 12.5 Å². The lowest BCUT2D eigenvalue weighted by Gasteiger charge is -2.20. The Morgan fingerprint density at radius 1 is 1.58 bits per heavy atom. The molecule has 5 nitrogen and oxygen atoms in total. The highest BCUT2D eigenvalue weighted by Gasteiger charge is 2.54. The Labute approximate surface area is 69.1 Å². The molecule has 2 unspecified atom stereocenters. The maximum atomic E-state index is 11.1. The molecule has 0 aromatic heterocycles. The van der Waals surface area contributed by atoms with Gasteiger partial charge >= 0.3 is 0 Å². The quantitative estimate of drug-likeness (QED) is 0.425. The van der Waals surface area contributed by atoms with Crippen LogP contribution in [-0.2, 0) is 9.59 Å². The van der Waals surface area contributed by atoms with Crippen LogP contribution in [0.3, 0.4) is 0 Å². The van der Waals surface area contributed by atoms with Crippen molar-refractivity contribution in [3.8, 4) is 0 Å². The Hall–Kier alpha value is -1.10. The Morgan fingerprint density at radius 2 is 2.33 bits per heavy atom. The van der Waals surface area contributed by atoms with Gasteiger partial charge in [-0.2, -0.15) is 0 Å². The molecule has 2 heterocycles. The van der Waals surface area contributed by atoms with E-state index >= 15 is 0 Å². The summed E-state index contributed by atoms with van der Waals surface area (Å²) in [7, 11) is 0. The van der Waals surface area contributed by atoms with Crippen molar-refractivity contribution >= 4 is 11.8 Å². The highest BCUT2D eigenvalue weighted by Crippen LogP contribution is 2.34. The van der Waals surface area contributed by atoms with Crippen molar-refractivity contribution < 1.29 is 14.7 Å². The number of fused-ring (bicyclic) bond motifs is 1. The standard InChI is InChI=1S/C7H10N2O3/c10-3-7-1-4(11)9-5(7)6(12)8-2-7/h5,10H,1-3H2,(H,8,12)(H,9,11). The van der Waals surface area contributed by atoms with Gasteiger partial charge in [0, 0.05) is 18.4 Å². The molecule has 0 aromatic rings. The molecule has 0 spiro atoms. The zero-order chi connectivity index (χ0) is 8.77. The summed E-state index contributed by atoms with van der Waals surface area (Å²) in [5.74, 6) is -0.334. The molecule has 12 heavy (non-hydrogen) atoms. The van der Waals surface area contributed by atoms with Gasteiger partial charge in [0.05, 0.1) is 6.61 Å². The molecule has 5 heteroatoms. The zero-order valence-corrected chi connectivity index (χ0v) is 6.46. The van der Waals surface area contributed by atoms with E-state index in [4.69, 9.17) is 5.11 Å². The average Bonchev–Trinajstić information content (AvgIpc) is 2.51. The maximum Gasteiger partial charge on any atom is 0.243 e. The summed E-state index contributed by atoms with van der Waals surface area (Å²) in [5.41, 5.74) is -0.575. The SMILES string of the molecule is O=C1CC2(CO)CNC(=O)C2N1. The van der Waals surface area contributed by atoms with Crippen molar-refractivity contribution in [3.63, 3.8) is 0 Å². The van der Waals surface area contributed by atoms with Crippen molar-refractivity contribution in [2.24, 2.45) is 5.41 Å². The van der Waals surface area contributed by atoms with Crippen LogP contribution < -0.4 is 10.6 Å². The molecule has 3 N–H and O–H groups in total. The van der Waals surface area contributed by atoms with Gasteiger partial charge in [0.25, 0.3) is 0 Å². The summed E-state index contributed by atoms with van der Waals surface area (Å²) >= 11 is 0. The molecule has 0 radical (unpaired) electrons. The summed E-state index contributed by atoms with van der Waals surface area (Å²) in [6.07, 6.45) is 0.243. The zero-order valence-electron chi connectivity index (χ0n) is 6.46. The van der Waals surface area contributed by atoms with Crippen LogP contribution in [0.25, 0.3) is 0 Å².